The van der Waals surface area contributed by atoms with Crippen molar-refractivity contribution in [1.29, 1.82) is 0 Å². The molecule has 0 saturated carbocycles. The summed E-state index contributed by atoms with van der Waals surface area (Å²) in [6.07, 6.45) is 5.28. The third kappa shape index (κ3) is 2.84. The first-order valence-electron chi connectivity index (χ1n) is 8.74. The number of aryl methyl sites for hydroxylation is 2. The van der Waals surface area contributed by atoms with E-state index in [0.717, 1.165) is 11.8 Å². The van der Waals surface area contributed by atoms with Crippen molar-refractivity contribution < 1.29 is 0 Å². The van der Waals surface area contributed by atoms with Gasteiger partial charge in [-0.05, 0) is 84.7 Å². The first-order valence-corrected chi connectivity index (χ1v) is 8.74. The maximum Gasteiger partial charge on any atom is -0.0184 e. The van der Waals surface area contributed by atoms with E-state index in [1.165, 1.54) is 36.8 Å². The van der Waals surface area contributed by atoms with Crippen molar-refractivity contribution in [2.75, 3.05) is 0 Å². The number of fused-ring (bicyclic) bond motifs is 2. The summed E-state index contributed by atoms with van der Waals surface area (Å²) in [5, 5.41) is 0. The summed E-state index contributed by atoms with van der Waals surface area (Å²) in [5.74, 6) is 1.59. The molecule has 0 unspecified atom stereocenters. The lowest BCUT2D eigenvalue weighted by Gasteiger charge is -2.04. The first kappa shape index (κ1) is 15.3. The van der Waals surface area contributed by atoms with Gasteiger partial charge in [0.2, 0.25) is 0 Å². The van der Waals surface area contributed by atoms with Crippen LogP contribution in [0.3, 0.4) is 0 Å². The molecule has 4 rings (SSSR count). The number of benzene rings is 2. The Morgan fingerprint density at radius 3 is 1.45 bits per heavy atom. The highest BCUT2D eigenvalue weighted by Gasteiger charge is 2.19. The predicted octanol–water partition coefficient (Wildman–Crippen LogP) is 6.09. The minimum Gasteiger partial charge on any atom is -0.0617 e. The Balaban J connectivity index is 0.000000131. The van der Waals surface area contributed by atoms with Gasteiger partial charge in [-0.3, -0.25) is 0 Å². The Labute approximate surface area is 135 Å². The Morgan fingerprint density at radius 1 is 0.682 bits per heavy atom. The minimum atomic E-state index is 0.796. The number of hydrogen-bond donors (Lipinski definition) is 0. The van der Waals surface area contributed by atoms with Gasteiger partial charge in [-0.1, -0.05) is 50.2 Å². The van der Waals surface area contributed by atoms with Crippen molar-refractivity contribution in [3.8, 4) is 0 Å². The Morgan fingerprint density at radius 2 is 1.09 bits per heavy atom. The van der Waals surface area contributed by atoms with Crippen LogP contribution in [0.1, 0.15) is 71.9 Å². The molecule has 0 spiro atoms. The molecule has 2 aliphatic carbocycles. The monoisotopic (exact) mass is 292 g/mol. The molecule has 0 nitrogen and oxygen atoms in total. The van der Waals surface area contributed by atoms with E-state index in [-0.39, 0.29) is 0 Å². The van der Waals surface area contributed by atoms with Crippen LogP contribution in [-0.4, -0.2) is 0 Å². The maximum absolute atomic E-state index is 2.32. The van der Waals surface area contributed by atoms with Crippen LogP contribution in [0, 0.1) is 13.8 Å². The van der Waals surface area contributed by atoms with Crippen LogP contribution >= 0.6 is 0 Å². The van der Waals surface area contributed by atoms with Crippen molar-refractivity contribution >= 4 is 0 Å². The average Bonchev–Trinajstić information content (AvgIpc) is 3.07. The van der Waals surface area contributed by atoms with Gasteiger partial charge in [-0.2, -0.15) is 0 Å². The zero-order chi connectivity index (χ0) is 15.7. The first-order chi connectivity index (χ1) is 10.6. The van der Waals surface area contributed by atoms with E-state index in [1.54, 1.807) is 22.3 Å². The topological polar surface area (TPSA) is 0 Å². The standard InChI is InChI=1S/2C11H14/c2*1-8-4-3-5-10-9(2)6-7-11(8)10/h2*3-5,9H,6-7H2,1-2H3/t2*9-/m10/s1. The largest absolute Gasteiger partial charge is 0.0617 e. The van der Waals surface area contributed by atoms with Gasteiger partial charge >= 0.3 is 0 Å². The molecule has 2 atom stereocenters. The van der Waals surface area contributed by atoms with Crippen LogP contribution in [0.2, 0.25) is 0 Å². The van der Waals surface area contributed by atoms with Gasteiger partial charge in [0.25, 0.3) is 0 Å². The van der Waals surface area contributed by atoms with Gasteiger partial charge in [-0.25, -0.2) is 0 Å². The van der Waals surface area contributed by atoms with E-state index >= 15 is 0 Å². The van der Waals surface area contributed by atoms with Crippen molar-refractivity contribution in [3.05, 3.63) is 69.8 Å². The van der Waals surface area contributed by atoms with E-state index in [4.69, 9.17) is 0 Å². The summed E-state index contributed by atoms with van der Waals surface area (Å²) < 4.78 is 0. The van der Waals surface area contributed by atoms with E-state index < -0.39 is 0 Å². The third-order valence-corrected chi connectivity index (χ3v) is 5.61. The molecule has 0 fully saturated rings. The van der Waals surface area contributed by atoms with Crippen LogP contribution in [0.4, 0.5) is 0 Å². The Kier molecular flexibility index (Phi) is 4.38. The van der Waals surface area contributed by atoms with Crippen LogP contribution < -0.4 is 0 Å². The molecule has 2 aliphatic rings. The molecular formula is C22H28. The lowest BCUT2D eigenvalue weighted by Crippen LogP contribution is -1.87. The zero-order valence-corrected chi connectivity index (χ0v) is 14.4. The summed E-state index contributed by atoms with van der Waals surface area (Å²) in [5.41, 5.74) is 9.36. The molecule has 0 aliphatic heterocycles. The molecule has 0 aromatic heterocycles. The van der Waals surface area contributed by atoms with Crippen molar-refractivity contribution in [3.63, 3.8) is 0 Å². The highest BCUT2D eigenvalue weighted by Crippen LogP contribution is 2.34. The van der Waals surface area contributed by atoms with Crippen LogP contribution in [0.5, 0.6) is 0 Å². The smallest absolute Gasteiger partial charge is 0.0184 e. The lowest BCUT2D eigenvalue weighted by molar-refractivity contribution is 0.747. The second-order valence-electron chi connectivity index (χ2n) is 7.16. The lowest BCUT2D eigenvalue weighted by atomic mass is 10.0. The van der Waals surface area contributed by atoms with Crippen molar-refractivity contribution in [2.45, 2.75) is 65.2 Å². The molecule has 2 aromatic rings. The fourth-order valence-corrected chi connectivity index (χ4v) is 4.09. The average molecular weight is 292 g/mol. The van der Waals surface area contributed by atoms with E-state index in [9.17, 15) is 0 Å². The molecular weight excluding hydrogens is 264 g/mol. The SMILES string of the molecule is Cc1cccc2c1CC[C@@H]2C.Cc1cccc2c1CC[C@H]2C. The molecule has 0 heteroatoms. The number of hydrogen-bond acceptors (Lipinski definition) is 0. The second-order valence-corrected chi connectivity index (χ2v) is 7.16. The molecule has 0 N–H and O–H groups in total. The Hall–Kier alpha value is -1.56. The number of rotatable bonds is 0. The minimum absolute atomic E-state index is 0.796. The van der Waals surface area contributed by atoms with E-state index in [0.29, 0.717) is 0 Å². The summed E-state index contributed by atoms with van der Waals surface area (Å²) in [6, 6.07) is 13.3. The van der Waals surface area contributed by atoms with Crippen molar-refractivity contribution in [1.82, 2.24) is 0 Å². The molecule has 0 saturated heterocycles. The van der Waals surface area contributed by atoms with E-state index in [2.05, 4.69) is 64.1 Å². The Bertz CT molecular complexity index is 606. The molecule has 0 radical (unpaired) electrons. The van der Waals surface area contributed by atoms with Crippen LogP contribution in [-0.2, 0) is 12.8 Å². The van der Waals surface area contributed by atoms with Crippen LogP contribution in [0.25, 0.3) is 0 Å². The van der Waals surface area contributed by atoms with Gasteiger partial charge in [0, 0.05) is 0 Å². The molecule has 0 amide bonds. The zero-order valence-electron chi connectivity index (χ0n) is 14.4. The predicted molar refractivity (Wildman–Crippen MR) is 95.8 cm³/mol. The fourth-order valence-electron chi connectivity index (χ4n) is 4.09. The molecule has 2 aromatic carbocycles. The highest BCUT2D eigenvalue weighted by molar-refractivity contribution is 5.40. The highest BCUT2D eigenvalue weighted by atomic mass is 14.2. The van der Waals surface area contributed by atoms with Gasteiger partial charge in [0.15, 0.2) is 0 Å². The molecule has 0 bridgehead atoms. The van der Waals surface area contributed by atoms with Gasteiger partial charge in [-0.15, -0.1) is 0 Å². The summed E-state index contributed by atoms with van der Waals surface area (Å²) in [7, 11) is 0. The summed E-state index contributed by atoms with van der Waals surface area (Å²) in [6.45, 7) is 9.09. The summed E-state index contributed by atoms with van der Waals surface area (Å²) in [4.78, 5) is 0. The van der Waals surface area contributed by atoms with Crippen molar-refractivity contribution in [2.24, 2.45) is 0 Å². The second kappa shape index (κ2) is 6.28. The fraction of sp³-hybridized carbons (Fsp3) is 0.455. The molecule has 0 heterocycles. The van der Waals surface area contributed by atoms with Crippen LogP contribution in [0.15, 0.2) is 36.4 Å². The van der Waals surface area contributed by atoms with Gasteiger partial charge in [0.05, 0.1) is 0 Å². The molecule has 22 heavy (non-hydrogen) atoms. The normalized spacial score (nSPS) is 21.8. The third-order valence-electron chi connectivity index (χ3n) is 5.61. The molecule has 116 valence electrons. The van der Waals surface area contributed by atoms with Gasteiger partial charge < -0.3 is 0 Å². The van der Waals surface area contributed by atoms with Gasteiger partial charge in [0.1, 0.15) is 0 Å². The summed E-state index contributed by atoms with van der Waals surface area (Å²) >= 11 is 0. The quantitative estimate of drug-likeness (QED) is 0.551. The van der Waals surface area contributed by atoms with E-state index in [1.807, 2.05) is 0 Å². The maximum atomic E-state index is 2.32.